The summed E-state index contributed by atoms with van der Waals surface area (Å²) in [6.07, 6.45) is -1.04. The average Bonchev–Trinajstić information content (AvgIpc) is 2.66. The second kappa shape index (κ2) is 9.35. The molecule has 1 atom stereocenters. The number of nitrogens with one attached hydrogen (secondary N) is 2. The number of hydrogen-bond donors (Lipinski definition) is 4. The molecule has 0 aliphatic rings. The summed E-state index contributed by atoms with van der Waals surface area (Å²) in [5.41, 5.74) is 6.69. The van der Waals surface area contributed by atoms with Crippen LogP contribution >= 0.6 is 0 Å². The molecule has 0 heterocycles. The second-order valence-corrected chi connectivity index (χ2v) is 5.67. The molecular weight excluding hydrogens is 350 g/mol. The van der Waals surface area contributed by atoms with Crippen LogP contribution in [-0.4, -0.2) is 42.1 Å². The van der Waals surface area contributed by atoms with E-state index in [9.17, 15) is 14.4 Å². The van der Waals surface area contributed by atoms with Crippen LogP contribution in [0.5, 0.6) is 0 Å². The van der Waals surface area contributed by atoms with Gasteiger partial charge in [-0.1, -0.05) is 12.1 Å². The van der Waals surface area contributed by atoms with Gasteiger partial charge in [-0.25, -0.2) is 4.79 Å². The highest BCUT2D eigenvalue weighted by molar-refractivity contribution is 6.00. The number of rotatable bonds is 8. The minimum atomic E-state index is -1.04. The van der Waals surface area contributed by atoms with E-state index in [0.29, 0.717) is 16.9 Å². The molecule has 0 aromatic heterocycles. The van der Waals surface area contributed by atoms with E-state index in [2.05, 4.69) is 10.6 Å². The predicted molar refractivity (Wildman–Crippen MR) is 100 cm³/mol. The van der Waals surface area contributed by atoms with Gasteiger partial charge in [0.2, 0.25) is 5.91 Å². The van der Waals surface area contributed by atoms with Gasteiger partial charge in [0.25, 0.3) is 5.91 Å². The third-order valence-electron chi connectivity index (χ3n) is 3.66. The monoisotopic (exact) mass is 371 g/mol. The van der Waals surface area contributed by atoms with E-state index in [-0.39, 0.29) is 18.7 Å². The smallest absolute Gasteiger partial charge is 0.341 e. The van der Waals surface area contributed by atoms with Gasteiger partial charge in [0, 0.05) is 23.5 Å². The van der Waals surface area contributed by atoms with E-state index in [4.69, 9.17) is 15.6 Å². The molecule has 8 nitrogen and oxygen atoms in total. The number of aliphatic hydroxyl groups is 1. The number of ether oxygens (including phenoxy) is 1. The maximum Gasteiger partial charge on any atom is 0.341 e. The molecule has 0 unspecified atom stereocenters. The maximum atomic E-state index is 12.4. The lowest BCUT2D eigenvalue weighted by Gasteiger charge is -2.15. The summed E-state index contributed by atoms with van der Waals surface area (Å²) >= 11 is 0. The quantitative estimate of drug-likeness (QED) is 0.519. The van der Waals surface area contributed by atoms with Gasteiger partial charge in [0.15, 0.2) is 6.10 Å². The Kier molecular flexibility index (Phi) is 6.90. The molecule has 5 N–H and O–H groups in total. The van der Waals surface area contributed by atoms with E-state index < -0.39 is 23.9 Å². The minimum absolute atomic E-state index is 0.0866. The van der Waals surface area contributed by atoms with E-state index >= 15 is 0 Å². The Labute approximate surface area is 156 Å². The number of anilines is 2. The van der Waals surface area contributed by atoms with Crippen LogP contribution in [0.15, 0.2) is 48.5 Å². The van der Waals surface area contributed by atoms with Crippen molar-refractivity contribution in [2.45, 2.75) is 13.0 Å². The number of primary amides is 1. The molecule has 8 heteroatoms. The third-order valence-corrected chi connectivity index (χ3v) is 3.66. The molecule has 0 aliphatic carbocycles. The van der Waals surface area contributed by atoms with Crippen LogP contribution in [0.4, 0.5) is 11.4 Å². The molecule has 0 spiro atoms. The minimum Gasteiger partial charge on any atom is -0.449 e. The van der Waals surface area contributed by atoms with Gasteiger partial charge in [0.1, 0.15) is 0 Å². The number of hydrogen-bond acceptors (Lipinski definition) is 6. The molecule has 0 saturated heterocycles. The zero-order valence-electron chi connectivity index (χ0n) is 14.8. The van der Waals surface area contributed by atoms with E-state index in [0.717, 1.165) is 0 Å². The van der Waals surface area contributed by atoms with Crippen molar-refractivity contribution >= 4 is 29.2 Å². The summed E-state index contributed by atoms with van der Waals surface area (Å²) in [6, 6.07) is 12.7. The normalized spacial score (nSPS) is 11.3. The summed E-state index contributed by atoms with van der Waals surface area (Å²) in [6.45, 7) is 1.65. The molecule has 0 fully saturated rings. The number of nitrogens with two attached hydrogens (primary N) is 1. The Balaban J connectivity index is 1.99. The first kappa shape index (κ1) is 19.9. The molecule has 2 amide bonds. The Morgan fingerprint density at radius 1 is 1.11 bits per heavy atom. The number of carbonyl (C=O) groups excluding carboxylic acids is 3. The molecular formula is C19H21N3O5. The third kappa shape index (κ3) is 5.55. The maximum absolute atomic E-state index is 12.4. The molecule has 27 heavy (non-hydrogen) atoms. The fourth-order valence-corrected chi connectivity index (χ4v) is 2.25. The largest absolute Gasteiger partial charge is 0.449 e. The van der Waals surface area contributed by atoms with Crippen LogP contribution in [0.3, 0.4) is 0 Å². The van der Waals surface area contributed by atoms with Gasteiger partial charge in [-0.05, 0) is 43.3 Å². The summed E-state index contributed by atoms with van der Waals surface area (Å²) in [5, 5.41) is 14.4. The summed E-state index contributed by atoms with van der Waals surface area (Å²) < 4.78 is 5.23. The highest BCUT2D eigenvalue weighted by atomic mass is 16.5. The van der Waals surface area contributed by atoms with Gasteiger partial charge in [-0.3, -0.25) is 9.59 Å². The Morgan fingerprint density at radius 2 is 1.78 bits per heavy atom. The van der Waals surface area contributed by atoms with Crippen LogP contribution in [0.25, 0.3) is 0 Å². The highest BCUT2D eigenvalue weighted by Gasteiger charge is 2.21. The standard InChI is InChI=1S/C19H21N3O5/c1-12(18(25)22-14-8-6-13(7-9-14)17(20)24)27-19(26)15-4-2-3-5-16(15)21-10-11-23/h2-9,12,21,23H,10-11H2,1H3,(H2,20,24)(H,22,25)/t12-/m0/s1. The van der Waals surface area contributed by atoms with Crippen molar-refractivity contribution in [2.24, 2.45) is 5.73 Å². The molecule has 0 saturated carbocycles. The molecule has 2 aromatic carbocycles. The number of para-hydroxylation sites is 1. The first-order valence-electron chi connectivity index (χ1n) is 8.28. The van der Waals surface area contributed by atoms with E-state index in [1.165, 1.54) is 31.2 Å². The fraction of sp³-hybridized carbons (Fsp3) is 0.211. The van der Waals surface area contributed by atoms with Crippen molar-refractivity contribution in [3.8, 4) is 0 Å². The van der Waals surface area contributed by atoms with Gasteiger partial charge in [0.05, 0.1) is 12.2 Å². The van der Waals surface area contributed by atoms with Crippen molar-refractivity contribution in [2.75, 3.05) is 23.8 Å². The van der Waals surface area contributed by atoms with E-state index in [1.807, 2.05) is 0 Å². The van der Waals surface area contributed by atoms with Crippen molar-refractivity contribution < 1.29 is 24.2 Å². The van der Waals surface area contributed by atoms with Crippen LogP contribution in [0.1, 0.15) is 27.6 Å². The first-order valence-corrected chi connectivity index (χ1v) is 8.28. The summed E-state index contributed by atoms with van der Waals surface area (Å²) in [4.78, 5) is 35.6. The Bertz CT molecular complexity index is 820. The first-order chi connectivity index (χ1) is 12.9. The van der Waals surface area contributed by atoms with E-state index in [1.54, 1.807) is 24.3 Å². The van der Waals surface area contributed by atoms with Gasteiger partial charge in [-0.15, -0.1) is 0 Å². The Hall–Kier alpha value is -3.39. The molecule has 0 aliphatic heterocycles. The average molecular weight is 371 g/mol. The Morgan fingerprint density at radius 3 is 2.41 bits per heavy atom. The van der Waals surface area contributed by atoms with Crippen molar-refractivity contribution in [1.82, 2.24) is 0 Å². The topological polar surface area (TPSA) is 131 Å². The number of carbonyl (C=O) groups is 3. The molecule has 2 aromatic rings. The van der Waals surface area contributed by atoms with Crippen LogP contribution < -0.4 is 16.4 Å². The lowest BCUT2D eigenvalue weighted by atomic mass is 10.1. The van der Waals surface area contributed by atoms with Gasteiger partial charge < -0.3 is 26.2 Å². The number of amides is 2. The fourth-order valence-electron chi connectivity index (χ4n) is 2.25. The highest BCUT2D eigenvalue weighted by Crippen LogP contribution is 2.17. The molecule has 142 valence electrons. The van der Waals surface area contributed by atoms with Gasteiger partial charge >= 0.3 is 5.97 Å². The predicted octanol–water partition coefficient (Wildman–Crippen LogP) is 1.37. The molecule has 0 bridgehead atoms. The zero-order chi connectivity index (χ0) is 19.8. The number of esters is 1. The van der Waals surface area contributed by atoms with Crippen molar-refractivity contribution in [3.63, 3.8) is 0 Å². The molecule has 2 rings (SSSR count). The van der Waals surface area contributed by atoms with Crippen LogP contribution in [0.2, 0.25) is 0 Å². The van der Waals surface area contributed by atoms with Crippen molar-refractivity contribution in [1.29, 1.82) is 0 Å². The molecule has 0 radical (unpaired) electrons. The zero-order valence-corrected chi connectivity index (χ0v) is 14.8. The lowest BCUT2D eigenvalue weighted by molar-refractivity contribution is -0.123. The summed E-state index contributed by atoms with van der Waals surface area (Å²) in [5.74, 6) is -1.75. The number of benzene rings is 2. The van der Waals surface area contributed by atoms with Crippen LogP contribution in [-0.2, 0) is 9.53 Å². The number of aliphatic hydroxyl groups excluding tert-OH is 1. The lowest BCUT2D eigenvalue weighted by Crippen LogP contribution is -2.30. The van der Waals surface area contributed by atoms with Crippen LogP contribution in [0, 0.1) is 0 Å². The summed E-state index contributed by atoms with van der Waals surface area (Å²) in [7, 11) is 0. The second-order valence-electron chi connectivity index (χ2n) is 5.67. The van der Waals surface area contributed by atoms with Crippen molar-refractivity contribution in [3.05, 3.63) is 59.7 Å². The van der Waals surface area contributed by atoms with Gasteiger partial charge in [-0.2, -0.15) is 0 Å². The SMILES string of the molecule is C[C@H](OC(=O)c1ccccc1NCCO)C(=O)Nc1ccc(C(N)=O)cc1.